The van der Waals surface area contributed by atoms with Gasteiger partial charge >= 0.3 is 12.3 Å². The van der Waals surface area contributed by atoms with E-state index in [2.05, 4.69) is 19.4 Å². The van der Waals surface area contributed by atoms with Crippen molar-refractivity contribution in [3.63, 3.8) is 0 Å². The van der Waals surface area contributed by atoms with E-state index in [9.17, 15) is 18.4 Å². The predicted molar refractivity (Wildman–Crippen MR) is 113 cm³/mol. The van der Waals surface area contributed by atoms with Crippen LogP contribution in [0.3, 0.4) is 0 Å². The van der Waals surface area contributed by atoms with Gasteiger partial charge in [-0.1, -0.05) is 6.07 Å². The van der Waals surface area contributed by atoms with E-state index in [1.807, 2.05) is 0 Å². The van der Waals surface area contributed by atoms with E-state index in [0.29, 0.717) is 31.7 Å². The number of aliphatic hydroxyl groups is 1. The number of piperazine rings is 1. The molecule has 34 heavy (non-hydrogen) atoms. The lowest BCUT2D eigenvalue weighted by Crippen LogP contribution is -2.50. The number of hydrogen-bond acceptors (Lipinski definition) is 8. The molecular weight excluding hydrogens is 454 g/mol. The number of rotatable bonds is 6. The molecule has 1 fully saturated rings. The first kappa shape index (κ1) is 23.4. The highest BCUT2D eigenvalue weighted by Crippen LogP contribution is 2.41. The second-order valence-electron chi connectivity index (χ2n) is 7.66. The van der Waals surface area contributed by atoms with Crippen molar-refractivity contribution >= 4 is 17.9 Å². The number of carbonyl (C=O) groups is 2. The van der Waals surface area contributed by atoms with Gasteiger partial charge in [0.05, 0.1) is 6.61 Å². The van der Waals surface area contributed by atoms with Gasteiger partial charge in [-0.2, -0.15) is 4.98 Å². The maximum Gasteiger partial charge on any atom is 0.586 e. The van der Waals surface area contributed by atoms with Crippen LogP contribution in [0.2, 0.25) is 0 Å². The molecule has 1 aromatic carbocycles. The van der Waals surface area contributed by atoms with Crippen LogP contribution in [0, 0.1) is 0 Å². The molecule has 1 saturated heterocycles. The molecule has 1 unspecified atom stereocenters. The van der Waals surface area contributed by atoms with E-state index in [0.717, 1.165) is 0 Å². The molecule has 0 radical (unpaired) electrons. The normalized spacial score (nSPS) is 17.6. The number of hydrogen-bond donors (Lipinski definition) is 1. The van der Waals surface area contributed by atoms with E-state index in [-0.39, 0.29) is 41.6 Å². The van der Waals surface area contributed by atoms with Crippen molar-refractivity contribution in [3.8, 4) is 17.5 Å². The van der Waals surface area contributed by atoms with Crippen molar-refractivity contribution in [1.82, 2.24) is 19.8 Å². The van der Waals surface area contributed by atoms with E-state index in [1.165, 1.54) is 42.6 Å². The van der Waals surface area contributed by atoms with Crippen LogP contribution < -0.4 is 14.2 Å². The summed E-state index contributed by atoms with van der Waals surface area (Å²) in [5.41, 5.74) is 0.655. The highest BCUT2D eigenvalue weighted by atomic mass is 19.3. The minimum Gasteiger partial charge on any atom is -0.458 e. The lowest BCUT2D eigenvalue weighted by atomic mass is 10.2. The van der Waals surface area contributed by atoms with Gasteiger partial charge in [-0.15, -0.1) is 8.78 Å². The quantitative estimate of drug-likeness (QED) is 0.625. The molecule has 12 heteroatoms. The Hall–Kier alpha value is -3.80. The van der Waals surface area contributed by atoms with Crippen LogP contribution in [-0.4, -0.2) is 81.9 Å². The minimum atomic E-state index is -3.70. The fourth-order valence-electron chi connectivity index (χ4n) is 3.37. The summed E-state index contributed by atoms with van der Waals surface area (Å²) in [4.78, 5) is 36.5. The SMILES string of the molecule is CC(CO)Oc1nccc(C(=O)N2CCN(C(=O)C=Cc3ccc4c(c3)OC(F)(F)O4)CC2)n1. The van der Waals surface area contributed by atoms with Crippen LogP contribution >= 0.6 is 0 Å². The summed E-state index contributed by atoms with van der Waals surface area (Å²) in [5, 5.41) is 9.08. The number of amides is 2. The predicted octanol–water partition coefficient (Wildman–Crippen LogP) is 1.56. The number of fused-ring (bicyclic) bond motifs is 1. The Balaban J connectivity index is 1.31. The number of aromatic nitrogens is 2. The third-order valence-electron chi connectivity index (χ3n) is 5.14. The van der Waals surface area contributed by atoms with Crippen LogP contribution in [0.4, 0.5) is 8.78 Å². The number of aliphatic hydroxyl groups excluding tert-OH is 1. The molecule has 1 N–H and O–H groups in total. The fourth-order valence-corrected chi connectivity index (χ4v) is 3.37. The van der Waals surface area contributed by atoms with Gasteiger partial charge in [-0.05, 0) is 36.8 Å². The first-order valence-electron chi connectivity index (χ1n) is 10.5. The summed E-state index contributed by atoms with van der Waals surface area (Å²) < 4.78 is 40.4. The van der Waals surface area contributed by atoms with Gasteiger partial charge in [-0.25, -0.2) is 4.98 Å². The van der Waals surface area contributed by atoms with Crippen molar-refractivity contribution in [1.29, 1.82) is 0 Å². The fraction of sp³-hybridized carbons (Fsp3) is 0.364. The average Bonchev–Trinajstić information content (AvgIpc) is 3.15. The van der Waals surface area contributed by atoms with Crippen molar-refractivity contribution in [2.75, 3.05) is 32.8 Å². The molecule has 10 nitrogen and oxygen atoms in total. The Kier molecular flexibility index (Phi) is 6.59. The van der Waals surface area contributed by atoms with E-state index in [1.54, 1.807) is 16.7 Å². The van der Waals surface area contributed by atoms with Crippen molar-refractivity contribution in [2.24, 2.45) is 0 Å². The maximum absolute atomic E-state index is 13.1. The number of alkyl halides is 2. The molecule has 2 aromatic rings. The summed E-state index contributed by atoms with van der Waals surface area (Å²) in [6, 6.07) is 5.71. The lowest BCUT2D eigenvalue weighted by Gasteiger charge is -2.34. The first-order chi connectivity index (χ1) is 16.2. The van der Waals surface area contributed by atoms with E-state index < -0.39 is 12.4 Å². The molecule has 2 amide bonds. The Morgan fingerprint density at radius 2 is 1.88 bits per heavy atom. The van der Waals surface area contributed by atoms with Gasteiger partial charge in [0.15, 0.2) is 11.5 Å². The number of carbonyl (C=O) groups excluding carboxylic acids is 2. The zero-order valence-electron chi connectivity index (χ0n) is 18.2. The number of nitrogens with zero attached hydrogens (tertiary/aromatic N) is 4. The second-order valence-corrected chi connectivity index (χ2v) is 7.66. The number of halogens is 2. The Labute approximate surface area is 193 Å². The second kappa shape index (κ2) is 9.59. The van der Waals surface area contributed by atoms with Crippen molar-refractivity contribution in [2.45, 2.75) is 19.3 Å². The van der Waals surface area contributed by atoms with Gasteiger partial charge in [0.2, 0.25) is 5.91 Å². The Bertz CT molecular complexity index is 1100. The van der Waals surface area contributed by atoms with Crippen LogP contribution in [0.5, 0.6) is 17.5 Å². The molecule has 180 valence electrons. The Morgan fingerprint density at radius 1 is 1.18 bits per heavy atom. The van der Waals surface area contributed by atoms with Gasteiger partial charge in [0.1, 0.15) is 11.8 Å². The molecule has 1 atom stereocenters. The third kappa shape index (κ3) is 5.39. The van der Waals surface area contributed by atoms with Gasteiger partial charge < -0.3 is 29.1 Å². The summed E-state index contributed by atoms with van der Waals surface area (Å²) >= 11 is 0. The monoisotopic (exact) mass is 476 g/mol. The first-order valence-corrected chi connectivity index (χ1v) is 10.5. The van der Waals surface area contributed by atoms with Gasteiger partial charge in [0, 0.05) is 38.5 Å². The minimum absolute atomic E-state index is 0.00131. The highest BCUT2D eigenvalue weighted by molar-refractivity contribution is 5.94. The standard InChI is InChI=1S/C22H22F2N4O6/c1-14(13-29)32-21-25-7-6-16(26-21)20(31)28-10-8-27(9-11-28)19(30)5-3-15-2-4-17-18(12-15)34-22(23,24)33-17/h2-7,12,14,29H,8-11,13H2,1H3. The summed E-state index contributed by atoms with van der Waals surface area (Å²) in [6.07, 6.45) is 0.0305. The topological polar surface area (TPSA) is 114 Å². The summed E-state index contributed by atoms with van der Waals surface area (Å²) in [7, 11) is 0. The average molecular weight is 476 g/mol. The Morgan fingerprint density at radius 3 is 2.62 bits per heavy atom. The smallest absolute Gasteiger partial charge is 0.458 e. The third-order valence-corrected chi connectivity index (χ3v) is 5.14. The molecule has 3 heterocycles. The summed E-state index contributed by atoms with van der Waals surface area (Å²) in [6.45, 7) is 2.69. The zero-order chi connectivity index (χ0) is 24.3. The molecule has 0 bridgehead atoms. The van der Waals surface area contributed by atoms with Gasteiger partial charge in [0.25, 0.3) is 5.91 Å². The molecule has 2 aliphatic rings. The van der Waals surface area contributed by atoms with Crippen LogP contribution in [-0.2, 0) is 4.79 Å². The maximum atomic E-state index is 13.1. The van der Waals surface area contributed by atoms with Crippen LogP contribution in [0.1, 0.15) is 23.0 Å². The molecule has 0 aliphatic carbocycles. The number of benzene rings is 1. The van der Waals surface area contributed by atoms with Crippen molar-refractivity contribution < 1.29 is 37.7 Å². The molecule has 2 aliphatic heterocycles. The summed E-state index contributed by atoms with van der Waals surface area (Å²) in [5.74, 6) is -0.759. The van der Waals surface area contributed by atoms with E-state index >= 15 is 0 Å². The van der Waals surface area contributed by atoms with Crippen LogP contribution in [0.25, 0.3) is 6.08 Å². The molecular formula is C22H22F2N4O6. The highest BCUT2D eigenvalue weighted by Gasteiger charge is 2.43. The zero-order valence-corrected chi connectivity index (χ0v) is 18.2. The van der Waals surface area contributed by atoms with Crippen molar-refractivity contribution in [3.05, 3.63) is 47.8 Å². The molecule has 0 spiro atoms. The molecule has 1 aromatic heterocycles. The lowest BCUT2D eigenvalue weighted by molar-refractivity contribution is -0.286. The van der Waals surface area contributed by atoms with E-state index in [4.69, 9.17) is 9.84 Å². The largest absolute Gasteiger partial charge is 0.586 e. The molecule has 4 rings (SSSR count). The van der Waals surface area contributed by atoms with Crippen LogP contribution in [0.15, 0.2) is 36.5 Å². The molecule has 0 saturated carbocycles. The van der Waals surface area contributed by atoms with Gasteiger partial charge in [-0.3, -0.25) is 9.59 Å². The number of ether oxygens (including phenoxy) is 3.